The van der Waals surface area contributed by atoms with Crippen LogP contribution in [0.25, 0.3) is 0 Å². The maximum absolute atomic E-state index is 4.29. The molecule has 96 valence electrons. The van der Waals surface area contributed by atoms with Crippen LogP contribution in [0.1, 0.15) is 44.2 Å². The Kier molecular flexibility index (Phi) is 4.10. The van der Waals surface area contributed by atoms with Crippen LogP contribution in [0.15, 0.2) is 36.7 Å². The fourth-order valence-electron chi connectivity index (χ4n) is 1.94. The van der Waals surface area contributed by atoms with Crippen LogP contribution in [0.2, 0.25) is 0 Å². The fraction of sp³-hybridized carbons (Fsp3) is 0.429. The van der Waals surface area contributed by atoms with Crippen molar-refractivity contribution >= 4 is 0 Å². The zero-order valence-corrected chi connectivity index (χ0v) is 11.2. The summed E-state index contributed by atoms with van der Waals surface area (Å²) in [6, 6.07) is 11.1. The molecule has 1 atom stereocenters. The molecule has 4 heteroatoms. The molecule has 0 aliphatic rings. The van der Waals surface area contributed by atoms with Crippen molar-refractivity contribution in [2.24, 2.45) is 0 Å². The molecule has 2 aromatic rings. The molecule has 0 spiro atoms. The number of benzene rings is 1. The SMILES string of the molecule is CC(C)n1ncnc1CN[C@@H](C)c1ccccc1. The van der Waals surface area contributed by atoms with Crippen molar-refractivity contribution in [3.8, 4) is 0 Å². The third kappa shape index (κ3) is 2.96. The van der Waals surface area contributed by atoms with Gasteiger partial charge in [-0.1, -0.05) is 30.3 Å². The minimum atomic E-state index is 0.309. The van der Waals surface area contributed by atoms with E-state index in [9.17, 15) is 0 Å². The van der Waals surface area contributed by atoms with Gasteiger partial charge in [0.1, 0.15) is 12.2 Å². The lowest BCUT2D eigenvalue weighted by molar-refractivity contribution is 0.473. The smallest absolute Gasteiger partial charge is 0.141 e. The Labute approximate surface area is 108 Å². The molecule has 0 aliphatic carbocycles. The Balaban J connectivity index is 1.97. The zero-order valence-electron chi connectivity index (χ0n) is 11.2. The molecular weight excluding hydrogens is 224 g/mol. The predicted molar refractivity (Wildman–Crippen MR) is 72.1 cm³/mol. The van der Waals surface area contributed by atoms with E-state index in [1.54, 1.807) is 6.33 Å². The van der Waals surface area contributed by atoms with Crippen molar-refractivity contribution < 1.29 is 0 Å². The molecule has 4 nitrogen and oxygen atoms in total. The number of aromatic nitrogens is 3. The van der Waals surface area contributed by atoms with Gasteiger partial charge in [-0.3, -0.25) is 0 Å². The molecule has 0 saturated heterocycles. The van der Waals surface area contributed by atoms with E-state index in [4.69, 9.17) is 0 Å². The van der Waals surface area contributed by atoms with Gasteiger partial charge in [0, 0.05) is 12.1 Å². The maximum Gasteiger partial charge on any atom is 0.141 e. The number of nitrogens with zero attached hydrogens (tertiary/aromatic N) is 3. The molecule has 0 aliphatic heterocycles. The lowest BCUT2D eigenvalue weighted by Gasteiger charge is -2.15. The highest BCUT2D eigenvalue weighted by Gasteiger charge is 2.09. The van der Waals surface area contributed by atoms with Crippen LogP contribution in [0.4, 0.5) is 0 Å². The molecule has 18 heavy (non-hydrogen) atoms. The summed E-state index contributed by atoms with van der Waals surface area (Å²) >= 11 is 0. The van der Waals surface area contributed by atoms with E-state index in [1.807, 2.05) is 10.7 Å². The molecule has 0 saturated carbocycles. The van der Waals surface area contributed by atoms with E-state index in [2.05, 4.69) is 60.4 Å². The van der Waals surface area contributed by atoms with Crippen molar-refractivity contribution in [1.29, 1.82) is 0 Å². The van der Waals surface area contributed by atoms with Crippen molar-refractivity contribution in [3.05, 3.63) is 48.0 Å². The van der Waals surface area contributed by atoms with Crippen LogP contribution >= 0.6 is 0 Å². The second kappa shape index (κ2) is 5.78. The monoisotopic (exact) mass is 244 g/mol. The molecule has 0 bridgehead atoms. The minimum absolute atomic E-state index is 0.309. The van der Waals surface area contributed by atoms with Crippen LogP contribution in [-0.4, -0.2) is 14.8 Å². The van der Waals surface area contributed by atoms with Gasteiger partial charge in [-0.15, -0.1) is 0 Å². The van der Waals surface area contributed by atoms with Gasteiger partial charge in [-0.2, -0.15) is 5.10 Å². The lowest BCUT2D eigenvalue weighted by Crippen LogP contribution is -2.21. The maximum atomic E-state index is 4.29. The van der Waals surface area contributed by atoms with Gasteiger partial charge in [0.05, 0.1) is 6.54 Å². The first-order valence-electron chi connectivity index (χ1n) is 6.35. The molecular formula is C14H20N4. The van der Waals surface area contributed by atoms with Crippen LogP contribution in [0.5, 0.6) is 0 Å². The molecule has 1 aromatic heterocycles. The van der Waals surface area contributed by atoms with E-state index in [-0.39, 0.29) is 0 Å². The van der Waals surface area contributed by atoms with E-state index in [0.717, 1.165) is 12.4 Å². The van der Waals surface area contributed by atoms with E-state index in [1.165, 1.54) is 5.56 Å². The van der Waals surface area contributed by atoms with Gasteiger partial charge >= 0.3 is 0 Å². The number of hydrogen-bond donors (Lipinski definition) is 1. The number of hydrogen-bond acceptors (Lipinski definition) is 3. The van der Waals surface area contributed by atoms with Crippen LogP contribution < -0.4 is 5.32 Å². The first-order valence-corrected chi connectivity index (χ1v) is 6.35. The molecule has 0 amide bonds. The highest BCUT2D eigenvalue weighted by atomic mass is 15.4. The Bertz CT molecular complexity index is 476. The van der Waals surface area contributed by atoms with Crippen LogP contribution in [-0.2, 0) is 6.54 Å². The van der Waals surface area contributed by atoms with E-state index < -0.39 is 0 Å². The highest BCUT2D eigenvalue weighted by Crippen LogP contribution is 2.12. The molecule has 1 aromatic carbocycles. The normalized spacial score (nSPS) is 12.9. The summed E-state index contributed by atoms with van der Waals surface area (Å²) in [5.41, 5.74) is 1.29. The second-order valence-electron chi connectivity index (χ2n) is 4.73. The topological polar surface area (TPSA) is 42.7 Å². The van der Waals surface area contributed by atoms with Gasteiger partial charge in [0.2, 0.25) is 0 Å². The van der Waals surface area contributed by atoms with Gasteiger partial charge in [0.15, 0.2) is 0 Å². The average Bonchev–Trinajstić information content (AvgIpc) is 2.85. The van der Waals surface area contributed by atoms with Crippen molar-refractivity contribution in [1.82, 2.24) is 20.1 Å². The fourth-order valence-corrected chi connectivity index (χ4v) is 1.94. The highest BCUT2D eigenvalue weighted by molar-refractivity contribution is 5.18. The van der Waals surface area contributed by atoms with Gasteiger partial charge in [0.25, 0.3) is 0 Å². The van der Waals surface area contributed by atoms with E-state index >= 15 is 0 Å². The Morgan fingerprint density at radius 3 is 2.56 bits per heavy atom. The third-order valence-electron chi connectivity index (χ3n) is 3.00. The molecule has 1 heterocycles. The van der Waals surface area contributed by atoms with E-state index in [0.29, 0.717) is 12.1 Å². The Morgan fingerprint density at radius 2 is 1.89 bits per heavy atom. The standard InChI is InChI=1S/C14H20N4/c1-11(2)18-14(16-10-17-18)9-15-12(3)13-7-5-4-6-8-13/h4-8,10-12,15H,9H2,1-3H3/t12-/m0/s1. The quantitative estimate of drug-likeness (QED) is 0.879. The van der Waals surface area contributed by atoms with Crippen molar-refractivity contribution in [2.45, 2.75) is 39.4 Å². The zero-order chi connectivity index (χ0) is 13.0. The summed E-state index contributed by atoms with van der Waals surface area (Å²) < 4.78 is 1.95. The molecule has 0 radical (unpaired) electrons. The predicted octanol–water partition coefficient (Wildman–Crippen LogP) is 2.71. The summed E-state index contributed by atoms with van der Waals surface area (Å²) in [7, 11) is 0. The van der Waals surface area contributed by atoms with Gasteiger partial charge in [-0.05, 0) is 26.3 Å². The molecule has 0 fully saturated rings. The number of rotatable bonds is 5. The van der Waals surface area contributed by atoms with Crippen LogP contribution in [0.3, 0.4) is 0 Å². The summed E-state index contributed by atoms with van der Waals surface area (Å²) in [4.78, 5) is 4.29. The Morgan fingerprint density at radius 1 is 1.17 bits per heavy atom. The molecule has 2 rings (SSSR count). The number of nitrogens with one attached hydrogen (secondary N) is 1. The van der Waals surface area contributed by atoms with Gasteiger partial charge < -0.3 is 5.32 Å². The summed E-state index contributed by atoms with van der Waals surface area (Å²) in [6.07, 6.45) is 1.62. The first-order chi connectivity index (χ1) is 8.68. The van der Waals surface area contributed by atoms with Gasteiger partial charge in [-0.25, -0.2) is 9.67 Å². The summed E-state index contributed by atoms with van der Waals surface area (Å²) in [6.45, 7) is 7.11. The summed E-state index contributed by atoms with van der Waals surface area (Å²) in [5.74, 6) is 0.979. The minimum Gasteiger partial charge on any atom is -0.303 e. The van der Waals surface area contributed by atoms with Crippen molar-refractivity contribution in [3.63, 3.8) is 0 Å². The average molecular weight is 244 g/mol. The summed E-state index contributed by atoms with van der Waals surface area (Å²) in [5, 5.41) is 7.71. The van der Waals surface area contributed by atoms with Crippen LogP contribution in [0, 0.1) is 0 Å². The van der Waals surface area contributed by atoms with Crippen molar-refractivity contribution in [2.75, 3.05) is 0 Å². The largest absolute Gasteiger partial charge is 0.303 e. The molecule has 1 N–H and O–H groups in total. The first kappa shape index (κ1) is 12.8. The lowest BCUT2D eigenvalue weighted by atomic mass is 10.1. The Hall–Kier alpha value is -1.68. The third-order valence-corrected chi connectivity index (χ3v) is 3.00. The second-order valence-corrected chi connectivity index (χ2v) is 4.73. The molecule has 0 unspecified atom stereocenters.